The summed E-state index contributed by atoms with van der Waals surface area (Å²) in [5.74, 6) is 0.296. The molecule has 1 amide bonds. The van der Waals surface area contributed by atoms with Gasteiger partial charge in [0.15, 0.2) is 5.82 Å². The van der Waals surface area contributed by atoms with E-state index in [1.807, 2.05) is 29.9 Å². The van der Waals surface area contributed by atoms with E-state index in [1.54, 1.807) is 18.5 Å². The van der Waals surface area contributed by atoms with Crippen molar-refractivity contribution < 1.29 is 4.79 Å². The highest BCUT2D eigenvalue weighted by atomic mass is 79.9. The fraction of sp³-hybridized carbons (Fsp3) is 0.333. The van der Waals surface area contributed by atoms with Gasteiger partial charge in [-0.15, -0.1) is 10.2 Å². The molecule has 0 aromatic carbocycles. The predicted octanol–water partition coefficient (Wildman–Crippen LogP) is 2.74. The summed E-state index contributed by atoms with van der Waals surface area (Å²) in [6.07, 6.45) is 8.31. The van der Waals surface area contributed by atoms with Gasteiger partial charge in [-0.25, -0.2) is 0 Å². The summed E-state index contributed by atoms with van der Waals surface area (Å²) in [7, 11) is 0. The third-order valence-electron chi connectivity index (χ3n) is 3.84. The third-order valence-corrected chi connectivity index (χ3v) is 4.27. The molecule has 0 bridgehead atoms. The Labute approximate surface area is 165 Å². The molecule has 0 saturated heterocycles. The maximum absolute atomic E-state index is 12.1. The quantitative estimate of drug-likeness (QED) is 0.552. The lowest BCUT2D eigenvalue weighted by Gasteiger charge is -2.05. The molecule has 3 aromatic rings. The predicted molar refractivity (Wildman–Crippen MR) is 104 cm³/mol. The molecule has 0 unspecified atom stereocenters. The van der Waals surface area contributed by atoms with Gasteiger partial charge < -0.3 is 5.32 Å². The van der Waals surface area contributed by atoms with E-state index in [0.717, 1.165) is 47.2 Å². The van der Waals surface area contributed by atoms with Gasteiger partial charge in [0.2, 0.25) is 5.91 Å². The van der Waals surface area contributed by atoms with Crippen molar-refractivity contribution in [3.05, 3.63) is 58.2 Å². The Morgan fingerprint density at radius 2 is 2.07 bits per heavy atom. The molecule has 0 radical (unpaired) electrons. The lowest BCUT2D eigenvalue weighted by molar-refractivity contribution is -0.115. The number of hydrogen-bond acceptors (Lipinski definition) is 6. The number of halogens is 1. The second-order valence-electron chi connectivity index (χ2n) is 6.23. The molecule has 3 aromatic heterocycles. The Morgan fingerprint density at radius 1 is 1.19 bits per heavy atom. The number of amides is 1. The first-order valence-corrected chi connectivity index (χ1v) is 9.46. The summed E-state index contributed by atoms with van der Waals surface area (Å²) >= 11 is 3.34. The Balaban J connectivity index is 1.42. The van der Waals surface area contributed by atoms with Gasteiger partial charge in [-0.05, 0) is 65.9 Å². The van der Waals surface area contributed by atoms with Crippen LogP contribution in [-0.4, -0.2) is 36.1 Å². The smallest absolute Gasteiger partial charge is 0.230 e. The number of nitrogens with zero attached hydrogens (tertiary/aromatic N) is 6. The number of carbonyl (C=O) groups is 1. The summed E-state index contributed by atoms with van der Waals surface area (Å²) in [5, 5.41) is 19.0. The van der Waals surface area contributed by atoms with E-state index >= 15 is 0 Å². The number of anilines is 1. The lowest BCUT2D eigenvalue weighted by atomic mass is 10.2. The summed E-state index contributed by atoms with van der Waals surface area (Å²) < 4.78 is 2.69. The molecular weight excluding hydrogens is 410 g/mol. The van der Waals surface area contributed by atoms with Crippen LogP contribution in [-0.2, 0) is 24.2 Å². The maximum atomic E-state index is 12.1. The van der Waals surface area contributed by atoms with Crippen molar-refractivity contribution in [2.75, 3.05) is 5.32 Å². The molecule has 1 N–H and O–H groups in total. The molecule has 0 aliphatic carbocycles. The molecule has 0 spiro atoms. The molecule has 8 nitrogen and oxygen atoms in total. The van der Waals surface area contributed by atoms with Crippen molar-refractivity contribution in [2.24, 2.45) is 0 Å². The average Bonchev–Trinajstić information content (AvgIpc) is 3.05. The van der Waals surface area contributed by atoms with Crippen molar-refractivity contribution in [3.8, 4) is 0 Å². The molecule has 0 atom stereocenters. The molecule has 0 fully saturated rings. The maximum Gasteiger partial charge on any atom is 0.230 e. The molecule has 9 heteroatoms. The van der Waals surface area contributed by atoms with Gasteiger partial charge in [0.05, 0.1) is 17.8 Å². The van der Waals surface area contributed by atoms with E-state index in [9.17, 15) is 4.79 Å². The number of carbonyl (C=O) groups excluding carboxylic acids is 1. The highest BCUT2D eigenvalue weighted by Crippen LogP contribution is 2.11. The number of pyridine rings is 1. The fourth-order valence-electron chi connectivity index (χ4n) is 2.57. The van der Waals surface area contributed by atoms with Gasteiger partial charge in [-0.2, -0.15) is 5.10 Å². The first-order valence-electron chi connectivity index (χ1n) is 8.67. The second kappa shape index (κ2) is 9.31. The van der Waals surface area contributed by atoms with Crippen LogP contribution < -0.4 is 5.32 Å². The summed E-state index contributed by atoms with van der Waals surface area (Å²) in [6, 6.07) is 5.53. The van der Waals surface area contributed by atoms with Crippen LogP contribution in [0, 0.1) is 6.92 Å². The van der Waals surface area contributed by atoms with Crippen molar-refractivity contribution in [1.82, 2.24) is 30.2 Å². The van der Waals surface area contributed by atoms with Crippen LogP contribution in [0.2, 0.25) is 0 Å². The topological polar surface area (TPSA) is 98.5 Å². The summed E-state index contributed by atoms with van der Waals surface area (Å²) in [5.41, 5.74) is 2.66. The molecule has 3 rings (SSSR count). The number of hydrogen-bond donors (Lipinski definition) is 1. The highest BCUT2D eigenvalue weighted by Gasteiger charge is 2.07. The number of aryl methyl sites for hydroxylation is 3. The molecule has 27 heavy (non-hydrogen) atoms. The Kier molecular flexibility index (Phi) is 6.59. The van der Waals surface area contributed by atoms with Crippen LogP contribution in [0.5, 0.6) is 0 Å². The number of aromatic nitrogens is 6. The van der Waals surface area contributed by atoms with E-state index in [0.29, 0.717) is 5.82 Å². The normalized spacial score (nSPS) is 10.7. The van der Waals surface area contributed by atoms with Crippen molar-refractivity contribution in [2.45, 2.75) is 39.2 Å². The SMILES string of the molecule is Cc1cn(CCCCc2ccc(NC(=O)Cc3cncc(Br)c3)nn2)nn1. The van der Waals surface area contributed by atoms with Crippen molar-refractivity contribution >= 4 is 27.7 Å². The molecule has 140 valence electrons. The Hall–Kier alpha value is -2.68. The first kappa shape index (κ1) is 19.1. The fourth-order valence-corrected chi connectivity index (χ4v) is 2.98. The van der Waals surface area contributed by atoms with E-state index in [2.05, 4.69) is 46.7 Å². The van der Waals surface area contributed by atoms with Crippen LogP contribution in [0.25, 0.3) is 0 Å². The van der Waals surface area contributed by atoms with Crippen LogP contribution >= 0.6 is 15.9 Å². The third kappa shape index (κ3) is 6.21. The summed E-state index contributed by atoms with van der Waals surface area (Å²) in [6.45, 7) is 2.77. The van der Waals surface area contributed by atoms with Gasteiger partial charge in [-0.1, -0.05) is 5.21 Å². The Bertz CT molecular complexity index is 895. The van der Waals surface area contributed by atoms with Gasteiger partial charge in [0.1, 0.15) is 0 Å². The minimum atomic E-state index is -0.153. The van der Waals surface area contributed by atoms with Crippen molar-refractivity contribution in [3.63, 3.8) is 0 Å². The molecule has 0 saturated carbocycles. The molecule has 0 aliphatic heterocycles. The lowest BCUT2D eigenvalue weighted by Crippen LogP contribution is -2.16. The van der Waals surface area contributed by atoms with Crippen LogP contribution in [0.3, 0.4) is 0 Å². The highest BCUT2D eigenvalue weighted by molar-refractivity contribution is 9.10. The molecular formula is C18H20BrN7O. The van der Waals surface area contributed by atoms with Crippen LogP contribution in [0.4, 0.5) is 5.82 Å². The van der Waals surface area contributed by atoms with Gasteiger partial charge >= 0.3 is 0 Å². The summed E-state index contributed by atoms with van der Waals surface area (Å²) in [4.78, 5) is 16.1. The second-order valence-corrected chi connectivity index (χ2v) is 7.14. The average molecular weight is 430 g/mol. The largest absolute Gasteiger partial charge is 0.309 e. The minimum Gasteiger partial charge on any atom is -0.309 e. The minimum absolute atomic E-state index is 0.153. The molecule has 0 aliphatic rings. The van der Waals surface area contributed by atoms with Gasteiger partial charge in [-0.3, -0.25) is 14.5 Å². The van der Waals surface area contributed by atoms with Gasteiger partial charge in [0.25, 0.3) is 0 Å². The zero-order valence-electron chi connectivity index (χ0n) is 15.0. The number of unbranched alkanes of at least 4 members (excludes halogenated alkanes) is 1. The Morgan fingerprint density at radius 3 is 2.78 bits per heavy atom. The molecule has 3 heterocycles. The van der Waals surface area contributed by atoms with E-state index in [1.165, 1.54) is 0 Å². The van der Waals surface area contributed by atoms with Crippen LogP contribution in [0.15, 0.2) is 41.3 Å². The van der Waals surface area contributed by atoms with Gasteiger partial charge in [0, 0.05) is 29.6 Å². The number of rotatable bonds is 8. The standard InChI is InChI=1S/C18H20BrN7O/c1-13-12-26(25-22-13)7-3-2-4-16-5-6-17(24-23-16)21-18(27)9-14-8-15(19)11-20-10-14/h5-6,8,10-12H,2-4,7,9H2,1H3,(H,21,24,27). The monoisotopic (exact) mass is 429 g/mol. The van der Waals surface area contributed by atoms with E-state index in [4.69, 9.17) is 0 Å². The number of nitrogens with one attached hydrogen (secondary N) is 1. The van der Waals surface area contributed by atoms with E-state index in [-0.39, 0.29) is 12.3 Å². The van der Waals surface area contributed by atoms with Crippen LogP contribution in [0.1, 0.15) is 29.8 Å². The van der Waals surface area contributed by atoms with E-state index < -0.39 is 0 Å². The van der Waals surface area contributed by atoms with Crippen molar-refractivity contribution in [1.29, 1.82) is 0 Å². The zero-order valence-corrected chi connectivity index (χ0v) is 16.6. The first-order chi connectivity index (χ1) is 13.1. The zero-order chi connectivity index (χ0) is 19.1.